The third-order valence-electron chi connectivity index (χ3n) is 6.75. The lowest BCUT2D eigenvalue weighted by Gasteiger charge is -2.21. The predicted octanol–water partition coefficient (Wildman–Crippen LogP) is 6.03. The van der Waals surface area contributed by atoms with Crippen molar-refractivity contribution in [3.63, 3.8) is 0 Å². The van der Waals surface area contributed by atoms with Gasteiger partial charge in [-0.3, -0.25) is 4.79 Å². The SMILES string of the molecule is COc1ccc(C(C)(C)C)cc1S(=O)(=O)NC(=O)c1ccc2c(-n3cccn3)ccc(OCc3ccccc3)c2c1. The summed E-state index contributed by atoms with van der Waals surface area (Å²) in [4.78, 5) is 13.3. The summed E-state index contributed by atoms with van der Waals surface area (Å²) in [5, 5.41) is 5.78. The molecule has 0 fully saturated rings. The molecule has 0 aliphatic carbocycles. The molecule has 9 heteroatoms. The fraction of sp³-hybridized carbons (Fsp3) is 0.188. The zero-order chi connectivity index (χ0) is 29.2. The summed E-state index contributed by atoms with van der Waals surface area (Å²) < 4.78 is 42.3. The van der Waals surface area contributed by atoms with Gasteiger partial charge in [-0.2, -0.15) is 5.10 Å². The van der Waals surface area contributed by atoms with Crippen LogP contribution in [0.2, 0.25) is 0 Å². The van der Waals surface area contributed by atoms with Crippen molar-refractivity contribution in [3.8, 4) is 17.2 Å². The number of rotatable bonds is 8. The van der Waals surface area contributed by atoms with Crippen molar-refractivity contribution >= 4 is 26.7 Å². The van der Waals surface area contributed by atoms with Crippen molar-refractivity contribution in [3.05, 3.63) is 114 Å². The van der Waals surface area contributed by atoms with Crippen LogP contribution in [0.15, 0.2) is 102 Å². The van der Waals surface area contributed by atoms with Gasteiger partial charge in [0.15, 0.2) is 0 Å². The van der Waals surface area contributed by atoms with Gasteiger partial charge in [0.1, 0.15) is 23.0 Å². The van der Waals surface area contributed by atoms with Crippen LogP contribution in [0.1, 0.15) is 42.3 Å². The van der Waals surface area contributed by atoms with Crippen LogP contribution >= 0.6 is 0 Å². The maximum atomic E-state index is 13.4. The van der Waals surface area contributed by atoms with Gasteiger partial charge in [-0.05, 0) is 59.0 Å². The van der Waals surface area contributed by atoms with Crippen molar-refractivity contribution < 1.29 is 22.7 Å². The van der Waals surface area contributed by atoms with Gasteiger partial charge < -0.3 is 9.47 Å². The highest BCUT2D eigenvalue weighted by atomic mass is 32.2. The summed E-state index contributed by atoms with van der Waals surface area (Å²) >= 11 is 0. The first-order valence-electron chi connectivity index (χ1n) is 13.1. The van der Waals surface area contributed by atoms with E-state index in [1.54, 1.807) is 41.2 Å². The molecule has 0 unspecified atom stereocenters. The van der Waals surface area contributed by atoms with Crippen molar-refractivity contribution in [1.29, 1.82) is 0 Å². The second kappa shape index (κ2) is 11.1. The third-order valence-corrected chi connectivity index (χ3v) is 8.10. The van der Waals surface area contributed by atoms with Gasteiger partial charge in [0.25, 0.3) is 15.9 Å². The minimum Gasteiger partial charge on any atom is -0.495 e. The van der Waals surface area contributed by atoms with Crippen molar-refractivity contribution in [2.24, 2.45) is 0 Å². The number of hydrogen-bond acceptors (Lipinski definition) is 6. The molecule has 0 aliphatic heterocycles. The zero-order valence-corrected chi connectivity index (χ0v) is 24.1. The highest BCUT2D eigenvalue weighted by molar-refractivity contribution is 7.90. The van der Waals surface area contributed by atoms with E-state index in [1.807, 2.05) is 81.6 Å². The lowest BCUT2D eigenvalue weighted by molar-refractivity contribution is 0.0981. The first-order valence-corrected chi connectivity index (χ1v) is 14.5. The Hall–Kier alpha value is -4.63. The molecule has 1 heterocycles. The number of methoxy groups -OCH3 is 1. The number of carbonyl (C=O) groups excluding carboxylic acids is 1. The normalized spacial score (nSPS) is 11.8. The highest BCUT2D eigenvalue weighted by Gasteiger charge is 2.26. The van der Waals surface area contributed by atoms with Gasteiger partial charge in [0.2, 0.25) is 0 Å². The minimum absolute atomic E-state index is 0.102. The molecular formula is C32H31N3O5S. The quantitative estimate of drug-likeness (QED) is 0.245. The van der Waals surface area contributed by atoms with Crippen LogP contribution in [0.25, 0.3) is 16.5 Å². The van der Waals surface area contributed by atoms with Crippen LogP contribution in [0.5, 0.6) is 11.5 Å². The standard InChI is InChI=1S/C32H31N3O5S/c1-32(2,3)24-12-15-29(39-4)30(20-24)41(37,38)34-31(36)23-11-13-25-26(19-23)28(40-21-22-9-6-5-7-10-22)16-14-27(25)35-18-8-17-33-35/h5-20H,21H2,1-4H3,(H,34,36). The number of hydrogen-bond donors (Lipinski definition) is 1. The molecule has 0 saturated carbocycles. The maximum Gasteiger partial charge on any atom is 0.268 e. The number of carbonyl (C=O) groups is 1. The largest absolute Gasteiger partial charge is 0.495 e. The third kappa shape index (κ3) is 5.95. The second-order valence-corrected chi connectivity index (χ2v) is 12.3. The van der Waals surface area contributed by atoms with E-state index < -0.39 is 15.9 Å². The Bertz CT molecular complexity index is 1810. The molecule has 0 saturated heterocycles. The van der Waals surface area contributed by atoms with E-state index in [0.717, 1.165) is 22.2 Å². The average molecular weight is 570 g/mol. The van der Waals surface area contributed by atoms with Crippen LogP contribution in [-0.4, -0.2) is 31.2 Å². The van der Waals surface area contributed by atoms with Crippen LogP contribution in [-0.2, 0) is 22.0 Å². The summed E-state index contributed by atoms with van der Waals surface area (Å²) in [6.07, 6.45) is 3.51. The Morgan fingerprint density at radius 2 is 1.66 bits per heavy atom. The molecule has 41 heavy (non-hydrogen) atoms. The van der Waals surface area contributed by atoms with Crippen molar-refractivity contribution in [2.75, 3.05) is 7.11 Å². The fourth-order valence-electron chi connectivity index (χ4n) is 4.51. The highest BCUT2D eigenvalue weighted by Crippen LogP contribution is 2.33. The molecule has 4 aromatic carbocycles. The first-order chi connectivity index (χ1) is 19.6. The summed E-state index contributed by atoms with van der Waals surface area (Å²) in [5.41, 5.74) is 2.43. The number of sulfonamides is 1. The molecule has 0 atom stereocenters. The molecule has 5 rings (SSSR count). The number of nitrogens with zero attached hydrogens (tertiary/aromatic N) is 2. The van der Waals surface area contributed by atoms with Gasteiger partial charge in [0.05, 0.1) is 12.8 Å². The Morgan fingerprint density at radius 3 is 2.34 bits per heavy atom. The fourth-order valence-corrected chi connectivity index (χ4v) is 5.68. The number of nitrogens with one attached hydrogen (secondary N) is 1. The molecular weight excluding hydrogens is 538 g/mol. The van der Waals surface area contributed by atoms with E-state index in [-0.39, 0.29) is 21.6 Å². The lowest BCUT2D eigenvalue weighted by Crippen LogP contribution is -2.31. The number of ether oxygens (including phenoxy) is 2. The second-order valence-electron chi connectivity index (χ2n) is 10.6. The molecule has 5 aromatic rings. The van der Waals surface area contributed by atoms with Gasteiger partial charge >= 0.3 is 0 Å². The van der Waals surface area contributed by atoms with Crippen molar-refractivity contribution in [2.45, 2.75) is 37.7 Å². The Kier molecular flexibility index (Phi) is 7.55. The molecule has 1 aromatic heterocycles. The van der Waals surface area contributed by atoms with Gasteiger partial charge in [0, 0.05) is 28.7 Å². The van der Waals surface area contributed by atoms with E-state index >= 15 is 0 Å². The Balaban J connectivity index is 1.52. The van der Waals surface area contributed by atoms with Crippen LogP contribution < -0.4 is 14.2 Å². The summed E-state index contributed by atoms with van der Waals surface area (Å²) in [7, 11) is -2.86. The summed E-state index contributed by atoms with van der Waals surface area (Å²) in [6.45, 7) is 6.27. The molecule has 1 amide bonds. The first kappa shape index (κ1) is 27.9. The Labute approximate surface area is 239 Å². The zero-order valence-electron chi connectivity index (χ0n) is 23.3. The molecule has 8 nitrogen and oxygen atoms in total. The van der Waals surface area contributed by atoms with Crippen LogP contribution in [0, 0.1) is 0 Å². The molecule has 0 radical (unpaired) electrons. The average Bonchev–Trinajstić information content (AvgIpc) is 3.50. The van der Waals surface area contributed by atoms with Crippen LogP contribution in [0.3, 0.4) is 0 Å². The summed E-state index contributed by atoms with van der Waals surface area (Å²) in [6, 6.07) is 25.2. The smallest absolute Gasteiger partial charge is 0.268 e. The monoisotopic (exact) mass is 569 g/mol. The topological polar surface area (TPSA) is 99.5 Å². The molecule has 1 N–H and O–H groups in total. The molecule has 0 aliphatic rings. The molecule has 0 spiro atoms. The van der Waals surface area contributed by atoms with E-state index in [4.69, 9.17) is 9.47 Å². The van der Waals surface area contributed by atoms with Crippen molar-refractivity contribution in [1.82, 2.24) is 14.5 Å². The summed E-state index contributed by atoms with van der Waals surface area (Å²) in [5.74, 6) is -0.0669. The maximum absolute atomic E-state index is 13.4. The van der Waals surface area contributed by atoms with E-state index in [2.05, 4.69) is 9.82 Å². The molecule has 210 valence electrons. The minimum atomic E-state index is -4.26. The van der Waals surface area contributed by atoms with Gasteiger partial charge in [-0.1, -0.05) is 63.2 Å². The number of fused-ring (bicyclic) bond motifs is 1. The van der Waals surface area contributed by atoms with E-state index in [0.29, 0.717) is 17.7 Å². The van der Waals surface area contributed by atoms with E-state index in [1.165, 1.54) is 7.11 Å². The van der Waals surface area contributed by atoms with Gasteiger partial charge in [-0.25, -0.2) is 17.8 Å². The lowest BCUT2D eigenvalue weighted by atomic mass is 9.87. The Morgan fingerprint density at radius 1 is 0.902 bits per heavy atom. The number of aromatic nitrogens is 2. The van der Waals surface area contributed by atoms with Gasteiger partial charge in [-0.15, -0.1) is 0 Å². The predicted molar refractivity (Wildman–Crippen MR) is 158 cm³/mol. The van der Waals surface area contributed by atoms with Crippen LogP contribution in [0.4, 0.5) is 0 Å². The molecule has 0 bridgehead atoms. The van der Waals surface area contributed by atoms with E-state index in [9.17, 15) is 13.2 Å². The number of amides is 1. The number of benzene rings is 4.